The van der Waals surface area contributed by atoms with Crippen LogP contribution in [-0.4, -0.2) is 35.9 Å². The van der Waals surface area contributed by atoms with Crippen molar-refractivity contribution in [2.45, 2.75) is 13.0 Å². The largest absolute Gasteiger partial charge is 0.369 e. The number of nitrogens with one attached hydrogen (secondary N) is 2. The third kappa shape index (κ3) is 2.46. The molecule has 19 heavy (non-hydrogen) atoms. The summed E-state index contributed by atoms with van der Waals surface area (Å²) in [6, 6.07) is 3.54. The van der Waals surface area contributed by atoms with Crippen LogP contribution >= 0.6 is 0 Å². The molecule has 0 saturated heterocycles. The molecule has 0 bridgehead atoms. The molecule has 0 spiro atoms. The molecule has 0 amide bonds. The highest BCUT2D eigenvalue weighted by Gasteiger charge is 2.01. The first-order valence-corrected chi connectivity index (χ1v) is 5.97. The fourth-order valence-electron chi connectivity index (χ4n) is 1.79. The molecule has 3 aromatic heterocycles. The molecule has 0 unspecified atom stereocenters. The lowest BCUT2D eigenvalue weighted by molar-refractivity contribution is 0.659. The predicted molar refractivity (Wildman–Crippen MR) is 68.9 cm³/mol. The highest BCUT2D eigenvalue weighted by atomic mass is 16.2. The van der Waals surface area contributed by atoms with Gasteiger partial charge >= 0.3 is 5.69 Å². The highest BCUT2D eigenvalue weighted by Crippen LogP contribution is 2.03. The molecule has 0 aliphatic rings. The summed E-state index contributed by atoms with van der Waals surface area (Å²) in [5.74, 6) is 0.654. The van der Waals surface area contributed by atoms with Crippen LogP contribution in [0, 0.1) is 0 Å². The first kappa shape index (κ1) is 11.5. The number of rotatable bonds is 5. The van der Waals surface area contributed by atoms with Gasteiger partial charge in [-0.2, -0.15) is 9.61 Å². The van der Waals surface area contributed by atoms with Crippen molar-refractivity contribution in [3.8, 4) is 0 Å². The molecule has 0 fully saturated rings. The van der Waals surface area contributed by atoms with Gasteiger partial charge in [0.1, 0.15) is 5.82 Å². The number of hydrogen-bond donors (Lipinski definition) is 2. The van der Waals surface area contributed by atoms with Crippen LogP contribution in [0.3, 0.4) is 0 Å². The van der Waals surface area contributed by atoms with Crippen LogP contribution in [0.15, 0.2) is 35.6 Å². The lowest BCUT2D eigenvalue weighted by Gasteiger charge is -2.05. The van der Waals surface area contributed by atoms with E-state index in [-0.39, 0.29) is 5.69 Å². The third-order valence-electron chi connectivity index (χ3n) is 2.73. The number of fused-ring (bicyclic) bond motifs is 1. The Morgan fingerprint density at radius 2 is 2.32 bits per heavy atom. The van der Waals surface area contributed by atoms with Crippen LogP contribution in [0.1, 0.15) is 6.42 Å². The van der Waals surface area contributed by atoms with Gasteiger partial charge in [0.15, 0.2) is 5.65 Å². The maximum Gasteiger partial charge on any atom is 0.364 e. The van der Waals surface area contributed by atoms with Crippen molar-refractivity contribution in [2.24, 2.45) is 0 Å². The van der Waals surface area contributed by atoms with E-state index < -0.39 is 0 Å². The Hall–Kier alpha value is -2.64. The molecular weight excluding hydrogens is 246 g/mol. The van der Waals surface area contributed by atoms with Gasteiger partial charge in [-0.3, -0.25) is 0 Å². The molecule has 8 nitrogen and oxygen atoms in total. The van der Waals surface area contributed by atoms with Gasteiger partial charge in [-0.25, -0.2) is 14.9 Å². The number of imidazole rings is 1. The number of H-pyrrole nitrogens is 1. The average Bonchev–Trinajstić information content (AvgIpc) is 3.06. The Bertz CT molecular complexity index is 712. The molecule has 0 aliphatic heterocycles. The molecule has 3 heterocycles. The number of hydrogen-bond acceptors (Lipinski definition) is 5. The summed E-state index contributed by atoms with van der Waals surface area (Å²) < 4.78 is 3.25. The summed E-state index contributed by atoms with van der Waals surface area (Å²) in [4.78, 5) is 15.3. The van der Waals surface area contributed by atoms with Gasteiger partial charge in [-0.05, 0) is 18.6 Å². The smallest absolute Gasteiger partial charge is 0.364 e. The van der Waals surface area contributed by atoms with Crippen molar-refractivity contribution < 1.29 is 0 Å². The molecule has 0 aliphatic carbocycles. The van der Waals surface area contributed by atoms with E-state index in [2.05, 4.69) is 25.6 Å². The summed E-state index contributed by atoms with van der Waals surface area (Å²) in [6.45, 7) is 1.66. The molecule has 8 heteroatoms. The van der Waals surface area contributed by atoms with Crippen molar-refractivity contribution in [1.82, 2.24) is 29.4 Å². The Labute approximate surface area is 108 Å². The summed E-state index contributed by atoms with van der Waals surface area (Å²) in [5, 5.41) is 13.5. The third-order valence-corrected chi connectivity index (χ3v) is 2.73. The second-order valence-corrected chi connectivity index (χ2v) is 4.10. The van der Waals surface area contributed by atoms with E-state index in [1.165, 1.54) is 4.52 Å². The maximum atomic E-state index is 11.4. The highest BCUT2D eigenvalue weighted by molar-refractivity contribution is 5.42. The van der Waals surface area contributed by atoms with Crippen LogP contribution in [0.2, 0.25) is 0 Å². The van der Waals surface area contributed by atoms with Gasteiger partial charge in [-0.15, -0.1) is 5.10 Å². The van der Waals surface area contributed by atoms with Crippen LogP contribution in [0.25, 0.3) is 5.65 Å². The number of aromatic nitrogens is 6. The zero-order valence-electron chi connectivity index (χ0n) is 10.2. The van der Waals surface area contributed by atoms with Crippen LogP contribution in [-0.2, 0) is 6.54 Å². The number of anilines is 1. The van der Waals surface area contributed by atoms with E-state index >= 15 is 0 Å². The zero-order valence-corrected chi connectivity index (χ0v) is 10.2. The van der Waals surface area contributed by atoms with Crippen LogP contribution < -0.4 is 11.0 Å². The van der Waals surface area contributed by atoms with Crippen LogP contribution in [0.5, 0.6) is 0 Å². The zero-order chi connectivity index (χ0) is 13.1. The quantitative estimate of drug-likeness (QED) is 0.635. The predicted octanol–water partition coefficient (Wildman–Crippen LogP) is 0.116. The Morgan fingerprint density at radius 3 is 3.16 bits per heavy atom. The summed E-state index contributed by atoms with van der Waals surface area (Å²) in [6.07, 6.45) is 6.41. The Kier molecular flexibility index (Phi) is 2.97. The molecule has 0 atom stereocenters. The van der Waals surface area contributed by atoms with Crippen molar-refractivity contribution in [3.63, 3.8) is 0 Å². The van der Waals surface area contributed by atoms with Gasteiger partial charge in [0.05, 0.1) is 6.33 Å². The lowest BCUT2D eigenvalue weighted by atomic mass is 10.4. The van der Waals surface area contributed by atoms with Crippen molar-refractivity contribution in [2.75, 3.05) is 11.9 Å². The Balaban J connectivity index is 1.59. The van der Waals surface area contributed by atoms with Crippen molar-refractivity contribution in [1.29, 1.82) is 0 Å². The fraction of sp³-hybridized carbons (Fsp3) is 0.273. The molecule has 2 N–H and O–H groups in total. The summed E-state index contributed by atoms with van der Waals surface area (Å²) in [7, 11) is 0. The maximum absolute atomic E-state index is 11.4. The number of nitrogens with zero attached hydrogens (tertiary/aromatic N) is 5. The minimum Gasteiger partial charge on any atom is -0.369 e. The number of aryl methyl sites for hydroxylation is 1. The SMILES string of the molecule is O=c1[nH]nc2ccc(NCCCn3ccnc3)nn12. The molecule has 98 valence electrons. The second-order valence-electron chi connectivity index (χ2n) is 4.10. The monoisotopic (exact) mass is 259 g/mol. The molecule has 3 aromatic rings. The minimum atomic E-state index is -0.336. The molecule has 0 radical (unpaired) electrons. The van der Waals surface area contributed by atoms with Gasteiger partial charge in [0.25, 0.3) is 0 Å². The lowest BCUT2D eigenvalue weighted by Crippen LogP contribution is -2.14. The van der Waals surface area contributed by atoms with Gasteiger partial charge in [-0.1, -0.05) is 0 Å². The average molecular weight is 259 g/mol. The molecule has 3 rings (SSSR count). The number of aromatic amines is 1. The van der Waals surface area contributed by atoms with E-state index in [1.54, 1.807) is 24.7 Å². The normalized spacial score (nSPS) is 10.9. The van der Waals surface area contributed by atoms with E-state index in [0.717, 1.165) is 19.5 Å². The Morgan fingerprint density at radius 1 is 1.37 bits per heavy atom. The summed E-state index contributed by atoms with van der Waals surface area (Å²) in [5.41, 5.74) is 0.172. The van der Waals surface area contributed by atoms with E-state index in [0.29, 0.717) is 11.5 Å². The van der Waals surface area contributed by atoms with Gasteiger partial charge in [0, 0.05) is 25.5 Å². The topological polar surface area (TPSA) is 92.9 Å². The standard InChI is InChI=1S/C11H13N7O/c19-11-15-14-10-3-2-9(16-18(10)11)13-4-1-6-17-7-5-12-8-17/h2-3,5,7-8H,1,4,6H2,(H,13,16)(H,15,19). The van der Waals surface area contributed by atoms with Crippen LogP contribution in [0.4, 0.5) is 5.82 Å². The van der Waals surface area contributed by atoms with E-state index in [9.17, 15) is 4.79 Å². The van der Waals surface area contributed by atoms with Crippen molar-refractivity contribution in [3.05, 3.63) is 41.3 Å². The first-order valence-electron chi connectivity index (χ1n) is 5.97. The van der Waals surface area contributed by atoms with Gasteiger partial charge in [0.2, 0.25) is 0 Å². The molecular formula is C11H13N7O. The van der Waals surface area contributed by atoms with E-state index in [4.69, 9.17) is 0 Å². The minimum absolute atomic E-state index is 0.336. The first-order chi connectivity index (χ1) is 9.33. The molecule has 0 saturated carbocycles. The fourth-order valence-corrected chi connectivity index (χ4v) is 1.79. The van der Waals surface area contributed by atoms with Gasteiger partial charge < -0.3 is 9.88 Å². The summed E-state index contributed by atoms with van der Waals surface area (Å²) >= 11 is 0. The second kappa shape index (κ2) is 4.92. The van der Waals surface area contributed by atoms with Crippen molar-refractivity contribution >= 4 is 11.5 Å². The van der Waals surface area contributed by atoms with E-state index in [1.807, 2.05) is 10.8 Å². The molecule has 0 aromatic carbocycles.